The number of nitrogens with one attached hydrogen (secondary N) is 1. The van der Waals surface area contributed by atoms with Crippen LogP contribution in [0.4, 0.5) is 0 Å². The number of hydrogen-bond acceptors (Lipinski definition) is 3. The lowest BCUT2D eigenvalue weighted by molar-refractivity contribution is -0.122. The first-order valence-electron chi connectivity index (χ1n) is 8.07. The molecule has 26 heavy (non-hydrogen) atoms. The number of rotatable bonds is 4. The third kappa shape index (κ3) is 3.74. The summed E-state index contributed by atoms with van der Waals surface area (Å²) < 4.78 is 1.19. The molecule has 0 spiro atoms. The largest absolute Gasteiger partial charge is 0.348 e. The van der Waals surface area contributed by atoms with Crippen molar-refractivity contribution < 1.29 is 4.79 Å². The van der Waals surface area contributed by atoms with Crippen molar-refractivity contribution in [1.29, 1.82) is 0 Å². The van der Waals surface area contributed by atoms with Gasteiger partial charge < -0.3 is 5.32 Å². The van der Waals surface area contributed by atoms with E-state index in [1.807, 2.05) is 26.0 Å². The highest BCUT2D eigenvalue weighted by Gasteiger charge is 2.14. The predicted molar refractivity (Wildman–Crippen MR) is 104 cm³/mol. The zero-order chi connectivity index (χ0) is 18.8. The summed E-state index contributed by atoms with van der Waals surface area (Å²) in [5.74, 6) is -0.312. The maximum Gasteiger partial charge on any atom is 0.275 e. The molecule has 2 aromatic carbocycles. The van der Waals surface area contributed by atoms with Crippen molar-refractivity contribution >= 4 is 39.9 Å². The Morgan fingerprint density at radius 2 is 1.85 bits per heavy atom. The fourth-order valence-corrected chi connectivity index (χ4v) is 3.11. The molecule has 7 heteroatoms. The summed E-state index contributed by atoms with van der Waals surface area (Å²) in [5, 5.41) is 9.31. The molecule has 0 saturated heterocycles. The van der Waals surface area contributed by atoms with Gasteiger partial charge in [-0.25, -0.2) is 4.68 Å². The molecule has 0 radical (unpaired) electrons. The van der Waals surface area contributed by atoms with E-state index in [0.29, 0.717) is 21.1 Å². The van der Waals surface area contributed by atoms with E-state index >= 15 is 0 Å². The van der Waals surface area contributed by atoms with E-state index in [9.17, 15) is 9.59 Å². The molecule has 1 amide bonds. The highest BCUT2D eigenvalue weighted by Crippen LogP contribution is 2.25. The average molecular weight is 390 g/mol. The van der Waals surface area contributed by atoms with Crippen LogP contribution >= 0.6 is 23.2 Å². The summed E-state index contributed by atoms with van der Waals surface area (Å²) >= 11 is 11.9. The van der Waals surface area contributed by atoms with Gasteiger partial charge in [0.1, 0.15) is 6.54 Å². The molecule has 1 unspecified atom stereocenters. The molecule has 0 saturated carbocycles. The normalized spacial score (nSPS) is 12.2. The van der Waals surface area contributed by atoms with E-state index in [4.69, 9.17) is 23.2 Å². The van der Waals surface area contributed by atoms with E-state index in [1.54, 1.807) is 30.3 Å². The van der Waals surface area contributed by atoms with Crippen LogP contribution in [0, 0.1) is 6.92 Å². The second-order valence-electron chi connectivity index (χ2n) is 6.06. The molecular formula is C19H17Cl2N3O2. The Morgan fingerprint density at radius 1 is 1.15 bits per heavy atom. The summed E-state index contributed by atoms with van der Waals surface area (Å²) in [6.45, 7) is 3.49. The molecular weight excluding hydrogens is 373 g/mol. The number of aromatic nitrogens is 2. The van der Waals surface area contributed by atoms with E-state index in [1.165, 1.54) is 4.68 Å². The Balaban J connectivity index is 1.80. The summed E-state index contributed by atoms with van der Waals surface area (Å²) in [6, 6.07) is 12.1. The number of benzene rings is 2. The minimum absolute atomic E-state index is 0.157. The Labute approximate surface area is 160 Å². The maximum absolute atomic E-state index is 12.5. The molecule has 5 nitrogen and oxygen atoms in total. The van der Waals surface area contributed by atoms with Crippen LogP contribution in [-0.2, 0) is 11.3 Å². The first-order chi connectivity index (χ1) is 12.4. The molecule has 3 aromatic rings. The number of hydrogen-bond donors (Lipinski definition) is 1. The second-order valence-corrected chi connectivity index (χ2v) is 6.87. The first-order valence-corrected chi connectivity index (χ1v) is 8.83. The fraction of sp³-hybridized carbons (Fsp3) is 0.211. The van der Waals surface area contributed by atoms with Gasteiger partial charge in [0.25, 0.3) is 5.56 Å². The molecule has 1 atom stereocenters. The molecule has 0 aliphatic rings. The fourth-order valence-electron chi connectivity index (χ4n) is 2.80. The molecule has 1 heterocycles. The number of amides is 1. The van der Waals surface area contributed by atoms with E-state index < -0.39 is 0 Å². The molecule has 1 N–H and O–H groups in total. The van der Waals surface area contributed by atoms with Crippen LogP contribution in [0.25, 0.3) is 10.8 Å². The van der Waals surface area contributed by atoms with Crippen LogP contribution in [0.5, 0.6) is 0 Å². The van der Waals surface area contributed by atoms with Gasteiger partial charge in [-0.1, -0.05) is 47.5 Å². The molecule has 3 rings (SSSR count). The smallest absolute Gasteiger partial charge is 0.275 e. The summed E-state index contributed by atoms with van der Waals surface area (Å²) in [7, 11) is 0. The van der Waals surface area contributed by atoms with Crippen molar-refractivity contribution in [3.8, 4) is 0 Å². The number of carbonyl (C=O) groups is 1. The number of halogens is 2. The molecule has 0 bridgehead atoms. The van der Waals surface area contributed by atoms with Crippen LogP contribution in [0.3, 0.4) is 0 Å². The minimum Gasteiger partial charge on any atom is -0.348 e. The second kappa shape index (κ2) is 7.48. The Morgan fingerprint density at radius 3 is 2.54 bits per heavy atom. The van der Waals surface area contributed by atoms with Gasteiger partial charge in [-0.05, 0) is 37.6 Å². The molecule has 0 aliphatic carbocycles. The molecule has 134 valence electrons. The topological polar surface area (TPSA) is 64.0 Å². The van der Waals surface area contributed by atoms with Crippen molar-refractivity contribution in [3.63, 3.8) is 0 Å². The van der Waals surface area contributed by atoms with Crippen molar-refractivity contribution in [2.45, 2.75) is 26.4 Å². The Kier molecular flexibility index (Phi) is 5.30. The summed E-state index contributed by atoms with van der Waals surface area (Å²) in [4.78, 5) is 24.9. The van der Waals surface area contributed by atoms with Crippen LogP contribution in [0.1, 0.15) is 24.2 Å². The van der Waals surface area contributed by atoms with Gasteiger partial charge in [0.15, 0.2) is 0 Å². The van der Waals surface area contributed by atoms with Gasteiger partial charge >= 0.3 is 0 Å². The number of fused-ring (bicyclic) bond motifs is 1. The van der Waals surface area contributed by atoms with Gasteiger partial charge in [-0.15, -0.1) is 0 Å². The number of carbonyl (C=O) groups excluding carboxylic acids is 1. The van der Waals surface area contributed by atoms with Gasteiger partial charge in [-0.2, -0.15) is 5.10 Å². The lowest BCUT2D eigenvalue weighted by Crippen LogP contribution is -2.35. The standard InChI is InChI=1S/C19H17Cl2N3O2/c1-11(13-7-8-16(20)17(21)9-13)22-18(25)10-24-19(26)15-6-4-3-5-14(15)12(2)23-24/h3-9,11H,10H2,1-2H3,(H,22,25). The van der Waals surface area contributed by atoms with Crippen LogP contribution in [0.2, 0.25) is 10.0 Å². The quantitative estimate of drug-likeness (QED) is 0.735. The van der Waals surface area contributed by atoms with Gasteiger partial charge in [0.2, 0.25) is 5.91 Å². The van der Waals surface area contributed by atoms with Crippen LogP contribution in [-0.4, -0.2) is 15.7 Å². The van der Waals surface area contributed by atoms with Crippen molar-refractivity contribution in [2.75, 3.05) is 0 Å². The Hall–Kier alpha value is -2.37. The molecule has 0 fully saturated rings. The maximum atomic E-state index is 12.5. The summed E-state index contributed by atoms with van der Waals surface area (Å²) in [6.07, 6.45) is 0. The predicted octanol–water partition coefficient (Wildman–Crippen LogP) is 3.89. The van der Waals surface area contributed by atoms with E-state index in [2.05, 4.69) is 10.4 Å². The number of nitrogens with zero attached hydrogens (tertiary/aromatic N) is 2. The highest BCUT2D eigenvalue weighted by molar-refractivity contribution is 6.42. The molecule has 0 aliphatic heterocycles. The van der Waals surface area contributed by atoms with E-state index in [0.717, 1.165) is 10.9 Å². The SMILES string of the molecule is Cc1nn(CC(=O)NC(C)c2ccc(Cl)c(Cl)c2)c(=O)c2ccccc12. The third-order valence-electron chi connectivity index (χ3n) is 4.17. The zero-order valence-corrected chi connectivity index (χ0v) is 15.8. The third-order valence-corrected chi connectivity index (χ3v) is 4.91. The van der Waals surface area contributed by atoms with Gasteiger partial charge in [0.05, 0.1) is 27.2 Å². The Bertz CT molecular complexity index is 1050. The van der Waals surface area contributed by atoms with Crippen molar-refractivity contribution in [1.82, 2.24) is 15.1 Å². The van der Waals surface area contributed by atoms with E-state index in [-0.39, 0.29) is 24.1 Å². The molecule has 1 aromatic heterocycles. The highest BCUT2D eigenvalue weighted by atomic mass is 35.5. The summed E-state index contributed by atoms with van der Waals surface area (Å²) in [5.41, 5.74) is 1.23. The van der Waals surface area contributed by atoms with Gasteiger partial charge in [-0.3, -0.25) is 9.59 Å². The van der Waals surface area contributed by atoms with Crippen molar-refractivity contribution in [2.24, 2.45) is 0 Å². The lowest BCUT2D eigenvalue weighted by atomic mass is 10.1. The average Bonchev–Trinajstić information content (AvgIpc) is 2.61. The van der Waals surface area contributed by atoms with Gasteiger partial charge in [0, 0.05) is 5.39 Å². The van der Waals surface area contributed by atoms with Crippen LogP contribution in [0.15, 0.2) is 47.3 Å². The zero-order valence-electron chi connectivity index (χ0n) is 14.3. The minimum atomic E-state index is -0.312. The van der Waals surface area contributed by atoms with Crippen molar-refractivity contribution in [3.05, 3.63) is 74.1 Å². The first kappa shape index (κ1) is 18.4. The lowest BCUT2D eigenvalue weighted by Gasteiger charge is -2.16. The number of aryl methyl sites for hydroxylation is 1. The van der Waals surface area contributed by atoms with Crippen LogP contribution < -0.4 is 10.9 Å². The monoisotopic (exact) mass is 389 g/mol.